The predicted octanol–water partition coefficient (Wildman–Crippen LogP) is 2.88. The highest BCUT2D eigenvalue weighted by Gasteiger charge is 2.29. The summed E-state index contributed by atoms with van der Waals surface area (Å²) in [7, 11) is 3.27. The number of nitrogens with zero attached hydrogens (tertiary/aromatic N) is 2. The number of benzene rings is 2. The summed E-state index contributed by atoms with van der Waals surface area (Å²) in [6.45, 7) is 0.971. The Morgan fingerprint density at radius 2 is 1.97 bits per heavy atom. The maximum atomic E-state index is 12.9. The number of carbonyl (C=O) groups excluding carboxylic acids is 2. The van der Waals surface area contributed by atoms with E-state index in [-0.39, 0.29) is 31.1 Å². The second kappa shape index (κ2) is 10.1. The molecule has 1 aliphatic rings. The molecule has 8 nitrogen and oxygen atoms in total. The number of methoxy groups -OCH3 is 1. The number of rotatable bonds is 7. The number of aromatic nitrogens is 2. The lowest BCUT2D eigenvalue weighted by atomic mass is 10.0. The first-order valence-electron chi connectivity index (χ1n) is 10.6. The molecule has 1 aliphatic heterocycles. The molecule has 1 unspecified atom stereocenters. The van der Waals surface area contributed by atoms with Crippen LogP contribution in [0.5, 0.6) is 5.75 Å². The number of hydrogen-bond donors (Lipinski definition) is 2. The van der Waals surface area contributed by atoms with Crippen molar-refractivity contribution < 1.29 is 19.1 Å². The monoisotopic (exact) mass is 468 g/mol. The number of halogens is 1. The fourth-order valence-corrected chi connectivity index (χ4v) is 4.02. The van der Waals surface area contributed by atoms with Crippen molar-refractivity contribution in [3.8, 4) is 5.75 Å². The van der Waals surface area contributed by atoms with Crippen LogP contribution in [0.1, 0.15) is 37.7 Å². The van der Waals surface area contributed by atoms with Crippen LogP contribution in [0.3, 0.4) is 0 Å². The van der Waals surface area contributed by atoms with Gasteiger partial charge in [-0.25, -0.2) is 0 Å². The maximum Gasteiger partial charge on any atom is 0.270 e. The molecule has 0 bridgehead atoms. The van der Waals surface area contributed by atoms with Crippen LogP contribution in [-0.2, 0) is 31.4 Å². The highest BCUT2D eigenvalue weighted by Crippen LogP contribution is 2.24. The highest BCUT2D eigenvalue weighted by atomic mass is 35.5. The van der Waals surface area contributed by atoms with Gasteiger partial charge in [0, 0.05) is 32.1 Å². The smallest absolute Gasteiger partial charge is 0.270 e. The van der Waals surface area contributed by atoms with Crippen molar-refractivity contribution in [3.05, 3.63) is 81.6 Å². The molecule has 1 aromatic heterocycles. The van der Waals surface area contributed by atoms with Crippen LogP contribution in [0, 0.1) is 0 Å². The highest BCUT2D eigenvalue weighted by molar-refractivity contribution is 6.33. The minimum atomic E-state index is -0.319. The largest absolute Gasteiger partial charge is 0.497 e. The standard InChI is InChI=1S/C24H25ClN4O4/c1-29-22(24(31)26-12-15-6-4-3-5-7-15)19-11-17(33-14-21(19)28-29)13-27-23(30)18-10-16(32-2)8-9-20(18)25/h3-10,17H,11-14H2,1-2H3,(H,26,31)(H,27,30). The molecule has 1 atom stereocenters. The molecular formula is C24H25ClN4O4. The van der Waals surface area contributed by atoms with Crippen molar-refractivity contribution in [3.63, 3.8) is 0 Å². The molecule has 3 aromatic rings. The van der Waals surface area contributed by atoms with E-state index in [2.05, 4.69) is 15.7 Å². The zero-order chi connectivity index (χ0) is 23.4. The Hall–Kier alpha value is -3.36. The van der Waals surface area contributed by atoms with Crippen molar-refractivity contribution in [2.45, 2.75) is 25.7 Å². The summed E-state index contributed by atoms with van der Waals surface area (Å²) < 4.78 is 12.6. The molecule has 2 heterocycles. The SMILES string of the molecule is COc1ccc(Cl)c(C(=O)NCC2Cc3c(nn(C)c3C(=O)NCc3ccccc3)CO2)c1. The van der Waals surface area contributed by atoms with Gasteiger partial charge in [-0.2, -0.15) is 5.10 Å². The molecule has 172 valence electrons. The van der Waals surface area contributed by atoms with Crippen molar-refractivity contribution in [2.24, 2.45) is 7.05 Å². The van der Waals surface area contributed by atoms with E-state index >= 15 is 0 Å². The lowest BCUT2D eigenvalue weighted by Crippen LogP contribution is -2.37. The van der Waals surface area contributed by atoms with Gasteiger partial charge >= 0.3 is 0 Å². The van der Waals surface area contributed by atoms with E-state index in [1.165, 1.54) is 7.11 Å². The number of ether oxygens (including phenoxy) is 2. The molecule has 0 radical (unpaired) electrons. The molecule has 9 heteroatoms. The molecule has 0 fully saturated rings. The van der Waals surface area contributed by atoms with E-state index in [1.54, 1.807) is 29.9 Å². The van der Waals surface area contributed by atoms with E-state index in [0.29, 0.717) is 35.0 Å². The molecule has 0 saturated heterocycles. The molecule has 2 aromatic carbocycles. The Balaban J connectivity index is 1.41. The van der Waals surface area contributed by atoms with Gasteiger partial charge in [0.25, 0.3) is 11.8 Å². The van der Waals surface area contributed by atoms with E-state index in [9.17, 15) is 9.59 Å². The summed E-state index contributed by atoms with van der Waals surface area (Å²) in [5, 5.41) is 10.6. The summed E-state index contributed by atoms with van der Waals surface area (Å²) in [5.41, 5.74) is 3.43. The topological polar surface area (TPSA) is 94.5 Å². The minimum Gasteiger partial charge on any atom is -0.497 e. The molecular weight excluding hydrogens is 444 g/mol. The molecule has 4 rings (SSSR count). The van der Waals surface area contributed by atoms with Gasteiger partial charge in [0.05, 0.1) is 36.1 Å². The van der Waals surface area contributed by atoms with Gasteiger partial charge < -0.3 is 20.1 Å². The first-order chi connectivity index (χ1) is 16.0. The third-order valence-electron chi connectivity index (χ3n) is 5.54. The number of carbonyl (C=O) groups is 2. The number of nitrogens with one attached hydrogen (secondary N) is 2. The molecule has 2 amide bonds. The number of hydrogen-bond acceptors (Lipinski definition) is 5. The summed E-state index contributed by atoms with van der Waals surface area (Å²) in [5.74, 6) is 0.0351. The molecule has 33 heavy (non-hydrogen) atoms. The van der Waals surface area contributed by atoms with E-state index < -0.39 is 0 Å². The molecule has 2 N–H and O–H groups in total. The van der Waals surface area contributed by atoms with Crippen LogP contribution in [0.4, 0.5) is 0 Å². The number of aryl methyl sites for hydroxylation is 1. The van der Waals surface area contributed by atoms with Crippen molar-refractivity contribution >= 4 is 23.4 Å². The van der Waals surface area contributed by atoms with Crippen LogP contribution in [0.2, 0.25) is 5.02 Å². The third kappa shape index (κ3) is 5.18. The quantitative estimate of drug-likeness (QED) is 0.556. The number of amides is 2. The summed E-state index contributed by atoms with van der Waals surface area (Å²) in [6, 6.07) is 14.6. The van der Waals surface area contributed by atoms with Crippen molar-refractivity contribution in [2.75, 3.05) is 13.7 Å². The average molecular weight is 469 g/mol. The first kappa shape index (κ1) is 22.8. The van der Waals surface area contributed by atoms with Gasteiger partial charge in [-0.05, 0) is 23.8 Å². The van der Waals surface area contributed by atoms with Gasteiger partial charge in [-0.3, -0.25) is 14.3 Å². The van der Waals surface area contributed by atoms with Gasteiger partial charge in [-0.15, -0.1) is 0 Å². The van der Waals surface area contributed by atoms with Crippen LogP contribution in [0.15, 0.2) is 48.5 Å². The fourth-order valence-electron chi connectivity index (χ4n) is 3.82. The van der Waals surface area contributed by atoms with Gasteiger partial charge in [-0.1, -0.05) is 41.9 Å². The van der Waals surface area contributed by atoms with Crippen LogP contribution in [-0.4, -0.2) is 41.4 Å². The lowest BCUT2D eigenvalue weighted by molar-refractivity contribution is 0.0265. The Morgan fingerprint density at radius 3 is 2.73 bits per heavy atom. The van der Waals surface area contributed by atoms with E-state index in [0.717, 1.165) is 16.8 Å². The zero-order valence-electron chi connectivity index (χ0n) is 18.4. The van der Waals surface area contributed by atoms with Gasteiger partial charge in [0.15, 0.2) is 0 Å². The van der Waals surface area contributed by atoms with Crippen LogP contribution in [0.25, 0.3) is 0 Å². The summed E-state index contributed by atoms with van der Waals surface area (Å²) in [4.78, 5) is 25.6. The van der Waals surface area contributed by atoms with E-state index in [1.807, 2.05) is 30.3 Å². The minimum absolute atomic E-state index is 0.192. The second-order valence-corrected chi connectivity index (χ2v) is 8.17. The fraction of sp³-hybridized carbons (Fsp3) is 0.292. The average Bonchev–Trinajstić information content (AvgIpc) is 3.17. The maximum absolute atomic E-state index is 12.9. The van der Waals surface area contributed by atoms with Gasteiger partial charge in [0.1, 0.15) is 11.4 Å². The van der Waals surface area contributed by atoms with Crippen molar-refractivity contribution in [1.29, 1.82) is 0 Å². The normalized spacial score (nSPS) is 14.9. The molecule has 0 aliphatic carbocycles. The van der Waals surface area contributed by atoms with Gasteiger partial charge in [0.2, 0.25) is 0 Å². The first-order valence-corrected chi connectivity index (χ1v) is 10.9. The van der Waals surface area contributed by atoms with Crippen LogP contribution >= 0.6 is 11.6 Å². The Morgan fingerprint density at radius 1 is 1.18 bits per heavy atom. The second-order valence-electron chi connectivity index (χ2n) is 7.76. The van der Waals surface area contributed by atoms with Crippen molar-refractivity contribution in [1.82, 2.24) is 20.4 Å². The predicted molar refractivity (Wildman–Crippen MR) is 123 cm³/mol. The number of fused-ring (bicyclic) bond motifs is 1. The Bertz CT molecular complexity index is 1160. The Kier molecular flexibility index (Phi) is 6.96. The lowest BCUT2D eigenvalue weighted by Gasteiger charge is -2.23. The summed E-state index contributed by atoms with van der Waals surface area (Å²) >= 11 is 6.17. The molecule has 0 saturated carbocycles. The van der Waals surface area contributed by atoms with Crippen LogP contribution < -0.4 is 15.4 Å². The Labute approximate surface area is 196 Å². The molecule has 0 spiro atoms. The zero-order valence-corrected chi connectivity index (χ0v) is 19.2. The summed E-state index contributed by atoms with van der Waals surface area (Å²) in [6.07, 6.45) is 0.166. The van der Waals surface area contributed by atoms with E-state index in [4.69, 9.17) is 21.1 Å². The third-order valence-corrected chi connectivity index (χ3v) is 5.87.